The number of benzene rings is 3. The van der Waals surface area contributed by atoms with E-state index >= 15 is 0 Å². The van der Waals surface area contributed by atoms with Crippen molar-refractivity contribution in [3.05, 3.63) is 119 Å². The van der Waals surface area contributed by atoms with E-state index in [-0.39, 0.29) is 17.8 Å². The Bertz CT molecular complexity index is 1280. The van der Waals surface area contributed by atoms with Crippen molar-refractivity contribution >= 4 is 11.6 Å². The highest BCUT2D eigenvalue weighted by atomic mass is 16.5. The molecule has 0 aliphatic carbocycles. The van der Waals surface area contributed by atoms with Gasteiger partial charge in [0.25, 0.3) is 5.91 Å². The fraction of sp³-hybridized carbons (Fsp3) is 0.143. The molecule has 1 aromatic heterocycles. The molecule has 1 heterocycles. The van der Waals surface area contributed by atoms with Gasteiger partial charge in [-0.05, 0) is 47.5 Å². The van der Waals surface area contributed by atoms with E-state index in [0.29, 0.717) is 22.8 Å². The Morgan fingerprint density at radius 2 is 1.58 bits per heavy atom. The number of para-hydroxylation sites is 1. The summed E-state index contributed by atoms with van der Waals surface area (Å²) in [6.45, 7) is 4.59. The van der Waals surface area contributed by atoms with Crippen LogP contribution in [0.3, 0.4) is 0 Å². The molecule has 4 rings (SSSR count). The van der Waals surface area contributed by atoms with E-state index in [2.05, 4.69) is 61.6 Å². The quantitative estimate of drug-likeness (QED) is 0.368. The summed E-state index contributed by atoms with van der Waals surface area (Å²) in [5, 5.41) is 11.9. The Labute approximate surface area is 193 Å². The predicted octanol–water partition coefficient (Wildman–Crippen LogP) is 6.31. The second-order valence-electron chi connectivity index (χ2n) is 8.18. The summed E-state index contributed by atoms with van der Waals surface area (Å²) < 4.78 is 11.5. The van der Waals surface area contributed by atoms with Gasteiger partial charge in [0.2, 0.25) is 0 Å². The molecule has 1 amide bonds. The van der Waals surface area contributed by atoms with E-state index in [1.54, 1.807) is 36.4 Å². The average Bonchev–Trinajstić information content (AvgIpc) is 3.33. The van der Waals surface area contributed by atoms with E-state index in [1.807, 2.05) is 18.2 Å². The Morgan fingerprint density at radius 1 is 0.909 bits per heavy atom. The third kappa shape index (κ3) is 4.97. The number of anilines is 1. The molecule has 4 aromatic rings. The van der Waals surface area contributed by atoms with Gasteiger partial charge in [-0.2, -0.15) is 5.26 Å². The molecule has 0 fully saturated rings. The summed E-state index contributed by atoms with van der Waals surface area (Å²) in [5.41, 5.74) is 3.15. The first-order valence-electron chi connectivity index (χ1n) is 10.7. The molecule has 0 atom stereocenters. The van der Waals surface area contributed by atoms with Crippen molar-refractivity contribution in [1.82, 2.24) is 0 Å². The monoisotopic (exact) mass is 436 g/mol. The molecule has 0 aliphatic rings. The van der Waals surface area contributed by atoms with Crippen LogP contribution in [0.5, 0.6) is 5.75 Å². The van der Waals surface area contributed by atoms with Crippen LogP contribution >= 0.6 is 0 Å². The average molecular weight is 437 g/mol. The van der Waals surface area contributed by atoms with E-state index in [1.165, 1.54) is 11.1 Å². The highest BCUT2D eigenvalue weighted by molar-refractivity contribution is 6.03. The van der Waals surface area contributed by atoms with Crippen molar-refractivity contribution < 1.29 is 13.9 Å². The van der Waals surface area contributed by atoms with E-state index in [9.17, 15) is 4.79 Å². The molecule has 5 heteroatoms. The molecule has 0 bridgehead atoms. The second kappa shape index (κ2) is 9.46. The summed E-state index contributed by atoms with van der Waals surface area (Å²) in [4.78, 5) is 12.5. The zero-order valence-electron chi connectivity index (χ0n) is 18.5. The van der Waals surface area contributed by atoms with Crippen molar-refractivity contribution in [2.75, 3.05) is 5.32 Å². The maximum atomic E-state index is 12.5. The largest absolute Gasteiger partial charge is 0.486 e. The van der Waals surface area contributed by atoms with Crippen LogP contribution in [0.15, 0.2) is 95.4 Å². The molecule has 1 N–H and O–H groups in total. The van der Waals surface area contributed by atoms with Gasteiger partial charge in [-0.15, -0.1) is 0 Å². The number of rotatable bonds is 7. The molecule has 0 saturated carbocycles. The minimum atomic E-state index is -0.420. The number of nitrogens with zero attached hydrogens (tertiary/aromatic N) is 1. The lowest BCUT2D eigenvalue weighted by atomic mass is 9.78. The topological polar surface area (TPSA) is 75.3 Å². The molecular weight excluding hydrogens is 412 g/mol. The number of ether oxygens (including phenoxy) is 1. The van der Waals surface area contributed by atoms with Crippen LogP contribution in [0.4, 0.5) is 5.69 Å². The van der Waals surface area contributed by atoms with E-state index in [0.717, 1.165) is 0 Å². The van der Waals surface area contributed by atoms with Gasteiger partial charge in [-0.25, -0.2) is 0 Å². The van der Waals surface area contributed by atoms with Gasteiger partial charge in [-0.3, -0.25) is 4.79 Å². The van der Waals surface area contributed by atoms with E-state index in [4.69, 9.17) is 14.4 Å². The molecule has 0 aliphatic heterocycles. The van der Waals surface area contributed by atoms with Crippen LogP contribution in [-0.2, 0) is 12.0 Å². The van der Waals surface area contributed by atoms with Gasteiger partial charge in [0.15, 0.2) is 5.76 Å². The number of furan rings is 1. The van der Waals surface area contributed by atoms with Gasteiger partial charge in [-0.1, -0.05) is 68.4 Å². The lowest BCUT2D eigenvalue weighted by Gasteiger charge is -2.26. The number of carbonyl (C=O) groups excluding carboxylic acids is 1. The molecule has 0 unspecified atom stereocenters. The standard InChI is InChI=1S/C28H24N2O3/c1-28(2,21-9-4-3-5-10-21)22-12-14-23(15-13-22)32-19-24-16-17-26(33-24)27(31)30-25-11-7-6-8-20(25)18-29/h3-17H,19H2,1-2H3,(H,30,31). The van der Waals surface area contributed by atoms with E-state index < -0.39 is 5.91 Å². The van der Waals surface area contributed by atoms with Crippen LogP contribution in [-0.4, -0.2) is 5.91 Å². The summed E-state index contributed by atoms with van der Waals surface area (Å²) in [7, 11) is 0. The Balaban J connectivity index is 1.37. The van der Waals surface area contributed by atoms with Crippen LogP contribution in [0.2, 0.25) is 0 Å². The normalized spacial score (nSPS) is 10.9. The van der Waals surface area contributed by atoms with Gasteiger partial charge in [0, 0.05) is 5.41 Å². The molecule has 0 spiro atoms. The second-order valence-corrected chi connectivity index (χ2v) is 8.18. The third-order valence-corrected chi connectivity index (χ3v) is 5.63. The van der Waals surface area contributed by atoms with Crippen molar-refractivity contribution in [1.29, 1.82) is 5.26 Å². The summed E-state index contributed by atoms with van der Waals surface area (Å²) in [5.74, 6) is 0.980. The molecule has 5 nitrogen and oxygen atoms in total. The molecule has 164 valence electrons. The van der Waals surface area contributed by atoms with Crippen LogP contribution < -0.4 is 10.1 Å². The highest BCUT2D eigenvalue weighted by Gasteiger charge is 2.22. The minimum Gasteiger partial charge on any atom is -0.486 e. The Hall–Kier alpha value is -4.30. The van der Waals surface area contributed by atoms with Gasteiger partial charge < -0.3 is 14.5 Å². The van der Waals surface area contributed by atoms with Crippen molar-refractivity contribution in [3.8, 4) is 11.8 Å². The maximum Gasteiger partial charge on any atom is 0.291 e. The first-order valence-corrected chi connectivity index (χ1v) is 10.7. The molecule has 0 saturated heterocycles. The van der Waals surface area contributed by atoms with Gasteiger partial charge in [0.05, 0.1) is 11.3 Å². The zero-order valence-corrected chi connectivity index (χ0v) is 18.5. The number of hydrogen-bond donors (Lipinski definition) is 1. The van der Waals surface area contributed by atoms with Crippen molar-refractivity contribution in [2.24, 2.45) is 0 Å². The van der Waals surface area contributed by atoms with Crippen LogP contribution in [0.1, 0.15) is 46.9 Å². The smallest absolute Gasteiger partial charge is 0.291 e. The lowest BCUT2D eigenvalue weighted by molar-refractivity contribution is 0.0992. The molecule has 3 aromatic carbocycles. The fourth-order valence-electron chi connectivity index (χ4n) is 3.59. The summed E-state index contributed by atoms with van der Waals surface area (Å²) >= 11 is 0. The summed E-state index contributed by atoms with van der Waals surface area (Å²) in [6, 6.07) is 30.6. The molecule has 33 heavy (non-hydrogen) atoms. The first kappa shape index (κ1) is 21.9. The highest BCUT2D eigenvalue weighted by Crippen LogP contribution is 2.32. The van der Waals surface area contributed by atoms with Crippen LogP contribution in [0.25, 0.3) is 0 Å². The van der Waals surface area contributed by atoms with Crippen molar-refractivity contribution in [2.45, 2.75) is 25.9 Å². The zero-order chi connectivity index (χ0) is 23.3. The predicted molar refractivity (Wildman–Crippen MR) is 127 cm³/mol. The number of carbonyl (C=O) groups is 1. The van der Waals surface area contributed by atoms with Gasteiger partial charge in [0.1, 0.15) is 24.2 Å². The lowest BCUT2D eigenvalue weighted by Crippen LogP contribution is -2.18. The number of amides is 1. The number of nitriles is 1. The summed E-state index contributed by atoms with van der Waals surface area (Å²) in [6.07, 6.45) is 0. The third-order valence-electron chi connectivity index (χ3n) is 5.63. The number of hydrogen-bond acceptors (Lipinski definition) is 4. The maximum absolute atomic E-state index is 12.5. The number of nitrogens with one attached hydrogen (secondary N) is 1. The first-order chi connectivity index (χ1) is 16.0. The van der Waals surface area contributed by atoms with Crippen LogP contribution in [0, 0.1) is 11.3 Å². The fourth-order valence-corrected chi connectivity index (χ4v) is 3.59. The Kier molecular flexibility index (Phi) is 6.28. The molecule has 0 radical (unpaired) electrons. The van der Waals surface area contributed by atoms with Gasteiger partial charge >= 0.3 is 0 Å². The van der Waals surface area contributed by atoms with Crippen molar-refractivity contribution in [3.63, 3.8) is 0 Å². The Morgan fingerprint density at radius 3 is 2.30 bits per heavy atom. The molecular formula is C28H24N2O3. The minimum absolute atomic E-state index is 0.118. The SMILES string of the molecule is CC(C)(c1ccccc1)c1ccc(OCc2ccc(C(=O)Nc3ccccc3C#N)o2)cc1.